The molecule has 6 rings (SSSR count). The molecular formula is C32H22BrN3O6. The van der Waals surface area contributed by atoms with Crippen molar-refractivity contribution in [1.82, 2.24) is 9.66 Å². The van der Waals surface area contributed by atoms with Gasteiger partial charge in [-0.2, -0.15) is 9.78 Å². The van der Waals surface area contributed by atoms with Crippen molar-refractivity contribution in [1.29, 1.82) is 0 Å². The first-order valence-corrected chi connectivity index (χ1v) is 13.6. The maximum Gasteiger partial charge on any atom is 0.335 e. The van der Waals surface area contributed by atoms with Gasteiger partial charge in [-0.1, -0.05) is 42.5 Å². The molecule has 0 saturated carbocycles. The van der Waals surface area contributed by atoms with E-state index in [0.717, 1.165) is 10.9 Å². The van der Waals surface area contributed by atoms with E-state index < -0.39 is 5.97 Å². The van der Waals surface area contributed by atoms with Gasteiger partial charge in [0, 0.05) is 15.4 Å². The lowest BCUT2D eigenvalue weighted by Crippen LogP contribution is -2.20. The van der Waals surface area contributed by atoms with E-state index in [4.69, 9.17) is 24.0 Å². The number of hydrogen-bond donors (Lipinski definition) is 1. The van der Waals surface area contributed by atoms with Crippen LogP contribution in [0.1, 0.15) is 21.5 Å². The van der Waals surface area contributed by atoms with Gasteiger partial charge in [-0.25, -0.2) is 9.78 Å². The molecule has 0 atom stereocenters. The Kier molecular flexibility index (Phi) is 7.28. The van der Waals surface area contributed by atoms with Crippen LogP contribution in [0.25, 0.3) is 33.5 Å². The Morgan fingerprint density at radius 2 is 1.79 bits per heavy atom. The molecule has 208 valence electrons. The van der Waals surface area contributed by atoms with Crippen LogP contribution in [0.5, 0.6) is 11.5 Å². The molecule has 1 N–H and O–H groups in total. The molecule has 2 aromatic heterocycles. The summed E-state index contributed by atoms with van der Waals surface area (Å²) in [5.41, 5.74) is 2.49. The third-order valence-electron chi connectivity index (χ3n) is 6.59. The van der Waals surface area contributed by atoms with Gasteiger partial charge >= 0.3 is 5.97 Å². The first kappa shape index (κ1) is 27.0. The first-order chi connectivity index (χ1) is 20.4. The van der Waals surface area contributed by atoms with Crippen LogP contribution < -0.4 is 15.0 Å². The number of carboxylic acid groups (broad SMARTS) is 1. The number of carboxylic acids is 1. The zero-order chi connectivity index (χ0) is 29.2. The van der Waals surface area contributed by atoms with Gasteiger partial charge in [-0.05, 0) is 70.0 Å². The molecule has 4 aromatic carbocycles. The third-order valence-corrected chi connectivity index (χ3v) is 7.28. The molecule has 0 aliphatic carbocycles. The van der Waals surface area contributed by atoms with Crippen molar-refractivity contribution in [2.24, 2.45) is 5.10 Å². The van der Waals surface area contributed by atoms with Crippen molar-refractivity contribution in [3.05, 3.63) is 123 Å². The van der Waals surface area contributed by atoms with Gasteiger partial charge in [0.05, 0.1) is 29.8 Å². The third kappa shape index (κ3) is 5.27. The lowest BCUT2D eigenvalue weighted by Gasteiger charge is -2.13. The number of para-hydroxylation sites is 2. The molecular weight excluding hydrogens is 602 g/mol. The molecule has 0 radical (unpaired) electrons. The molecule has 0 amide bonds. The van der Waals surface area contributed by atoms with E-state index in [1.165, 1.54) is 30.1 Å². The average molecular weight is 624 g/mol. The fourth-order valence-electron chi connectivity index (χ4n) is 4.43. The molecule has 42 heavy (non-hydrogen) atoms. The minimum atomic E-state index is -0.989. The van der Waals surface area contributed by atoms with Crippen molar-refractivity contribution < 1.29 is 23.8 Å². The summed E-state index contributed by atoms with van der Waals surface area (Å²) in [6.07, 6.45) is 1.53. The van der Waals surface area contributed by atoms with Gasteiger partial charge in [0.1, 0.15) is 12.2 Å². The van der Waals surface area contributed by atoms with E-state index in [2.05, 4.69) is 21.0 Å². The monoisotopic (exact) mass is 623 g/mol. The zero-order valence-electron chi connectivity index (χ0n) is 22.2. The molecule has 2 heterocycles. The highest BCUT2D eigenvalue weighted by atomic mass is 79.9. The lowest BCUT2D eigenvalue weighted by molar-refractivity contribution is 0.0697. The SMILES string of the molecule is COc1cc(C=Nn2c(-c3cc4ccccc4o3)nc3ccccc3c2=O)c(Br)cc1OCc1ccc(C(=O)O)cc1. The van der Waals surface area contributed by atoms with Gasteiger partial charge in [0.2, 0.25) is 5.82 Å². The van der Waals surface area contributed by atoms with Gasteiger partial charge in [0.15, 0.2) is 17.3 Å². The summed E-state index contributed by atoms with van der Waals surface area (Å²) in [4.78, 5) is 29.4. The zero-order valence-corrected chi connectivity index (χ0v) is 23.7. The van der Waals surface area contributed by atoms with Gasteiger partial charge in [0.25, 0.3) is 5.56 Å². The van der Waals surface area contributed by atoms with Crippen molar-refractivity contribution in [3.63, 3.8) is 0 Å². The maximum atomic E-state index is 13.6. The summed E-state index contributed by atoms with van der Waals surface area (Å²) in [6.45, 7) is 0.204. The molecule has 0 saturated heterocycles. The highest BCUT2D eigenvalue weighted by Gasteiger charge is 2.17. The maximum absolute atomic E-state index is 13.6. The number of ether oxygens (including phenoxy) is 2. The summed E-state index contributed by atoms with van der Waals surface area (Å²) in [7, 11) is 1.52. The number of nitrogens with zero attached hydrogens (tertiary/aromatic N) is 3. The molecule has 10 heteroatoms. The number of benzene rings is 4. The Hall–Kier alpha value is -5.22. The summed E-state index contributed by atoms with van der Waals surface area (Å²) < 4.78 is 19.4. The topological polar surface area (TPSA) is 116 Å². The first-order valence-electron chi connectivity index (χ1n) is 12.8. The van der Waals surface area contributed by atoms with E-state index in [1.54, 1.807) is 42.5 Å². The second-order valence-corrected chi connectivity index (χ2v) is 10.1. The van der Waals surface area contributed by atoms with Crippen LogP contribution in [-0.2, 0) is 6.61 Å². The van der Waals surface area contributed by atoms with Gasteiger partial charge < -0.3 is 19.0 Å². The number of halogens is 1. The molecule has 0 spiro atoms. The largest absolute Gasteiger partial charge is 0.493 e. The fourth-order valence-corrected chi connectivity index (χ4v) is 4.85. The van der Waals surface area contributed by atoms with E-state index >= 15 is 0 Å². The number of fused-ring (bicyclic) bond motifs is 2. The van der Waals surface area contributed by atoms with Crippen LogP contribution in [0, 0.1) is 0 Å². The van der Waals surface area contributed by atoms with E-state index in [-0.39, 0.29) is 23.6 Å². The molecule has 6 aromatic rings. The van der Waals surface area contributed by atoms with Gasteiger partial charge in [-0.3, -0.25) is 4.79 Å². The Bertz CT molecular complexity index is 2010. The number of hydrogen-bond acceptors (Lipinski definition) is 7. The number of aromatic nitrogens is 2. The van der Waals surface area contributed by atoms with Crippen LogP contribution in [0.2, 0.25) is 0 Å². The van der Waals surface area contributed by atoms with Crippen LogP contribution in [0.15, 0.2) is 110 Å². The lowest BCUT2D eigenvalue weighted by atomic mass is 10.1. The molecule has 9 nitrogen and oxygen atoms in total. The van der Waals surface area contributed by atoms with Gasteiger partial charge in [-0.15, -0.1) is 0 Å². The van der Waals surface area contributed by atoms with E-state index in [0.29, 0.717) is 43.8 Å². The van der Waals surface area contributed by atoms with Crippen LogP contribution in [0.3, 0.4) is 0 Å². The summed E-state index contributed by atoms with van der Waals surface area (Å²) >= 11 is 3.57. The van der Waals surface area contributed by atoms with E-state index in [1.807, 2.05) is 36.4 Å². The van der Waals surface area contributed by atoms with Crippen molar-refractivity contribution in [2.45, 2.75) is 6.61 Å². The second-order valence-electron chi connectivity index (χ2n) is 9.28. The Morgan fingerprint density at radius 3 is 2.55 bits per heavy atom. The molecule has 0 unspecified atom stereocenters. The Balaban J connectivity index is 1.35. The number of aromatic carboxylic acids is 1. The highest BCUT2D eigenvalue weighted by molar-refractivity contribution is 9.10. The summed E-state index contributed by atoms with van der Waals surface area (Å²) in [5, 5.41) is 14.9. The van der Waals surface area contributed by atoms with Crippen LogP contribution in [-0.4, -0.2) is 34.1 Å². The molecule has 0 fully saturated rings. The van der Waals surface area contributed by atoms with Crippen molar-refractivity contribution in [3.8, 4) is 23.1 Å². The van der Waals surface area contributed by atoms with Crippen LogP contribution in [0.4, 0.5) is 0 Å². The Labute approximate surface area is 247 Å². The number of rotatable bonds is 8. The normalized spacial score (nSPS) is 11.4. The van der Waals surface area contributed by atoms with Crippen molar-refractivity contribution in [2.75, 3.05) is 7.11 Å². The predicted octanol–water partition coefficient (Wildman–Crippen LogP) is 6.74. The highest BCUT2D eigenvalue weighted by Crippen LogP contribution is 2.34. The molecule has 0 aliphatic heterocycles. The summed E-state index contributed by atoms with van der Waals surface area (Å²) in [6, 6.07) is 26.4. The number of carbonyl (C=O) groups is 1. The Morgan fingerprint density at radius 1 is 1.02 bits per heavy atom. The second kappa shape index (κ2) is 11.3. The van der Waals surface area contributed by atoms with E-state index in [9.17, 15) is 9.59 Å². The van der Waals surface area contributed by atoms with Crippen LogP contribution >= 0.6 is 15.9 Å². The standard InChI is InChI=1S/C32H22BrN3O6/c1-40-27-15-22(24(33)16-28(27)41-18-19-10-12-20(13-11-19)32(38)39)17-34-36-30(29-14-21-6-2-5-9-26(21)42-29)35-25-8-4-3-7-23(25)31(36)37/h2-17H,18H2,1H3,(H,38,39). The van der Waals surface area contributed by atoms with Crippen molar-refractivity contribution >= 4 is 50.0 Å². The molecule has 0 bridgehead atoms. The molecule has 0 aliphatic rings. The number of methoxy groups -OCH3 is 1. The summed E-state index contributed by atoms with van der Waals surface area (Å²) in [5.74, 6) is 0.604. The number of furan rings is 1. The smallest absolute Gasteiger partial charge is 0.335 e. The average Bonchev–Trinajstić information content (AvgIpc) is 3.44. The predicted molar refractivity (Wildman–Crippen MR) is 163 cm³/mol. The minimum absolute atomic E-state index is 0.201. The fraction of sp³-hybridized carbons (Fsp3) is 0.0625. The minimum Gasteiger partial charge on any atom is -0.493 e. The quantitative estimate of drug-likeness (QED) is 0.187.